The third-order valence-electron chi connectivity index (χ3n) is 2.03. The van der Waals surface area contributed by atoms with Gasteiger partial charge in [-0.15, -0.1) is 11.3 Å². The normalized spacial score (nSPS) is 10.7. The third-order valence-corrected chi connectivity index (χ3v) is 3.40. The molecule has 1 heterocycles. The minimum absolute atomic E-state index is 0.0166. The highest BCUT2D eigenvalue weighted by Gasteiger charge is 2.19. The summed E-state index contributed by atoms with van der Waals surface area (Å²) in [5.74, 6) is 0. The maximum absolute atomic E-state index is 10.8. The summed E-state index contributed by atoms with van der Waals surface area (Å²) in [7, 11) is 0. The second-order valence-electron chi connectivity index (χ2n) is 2.94. The van der Waals surface area contributed by atoms with Gasteiger partial charge in [-0.2, -0.15) is 0 Å². The Morgan fingerprint density at radius 2 is 2.21 bits per heavy atom. The number of nitrogens with zero attached hydrogens (tertiary/aromatic N) is 1. The van der Waals surface area contributed by atoms with Gasteiger partial charge in [0.2, 0.25) is 0 Å². The van der Waals surface area contributed by atoms with E-state index in [0.717, 1.165) is 10.3 Å². The van der Waals surface area contributed by atoms with E-state index < -0.39 is 4.92 Å². The SMILES string of the molecule is Cc1csc2ccc(Cl)c([N+](=O)[O-])c12. The van der Waals surface area contributed by atoms with Crippen LogP contribution in [0.3, 0.4) is 0 Å². The molecule has 0 amide bonds. The highest BCUT2D eigenvalue weighted by molar-refractivity contribution is 7.17. The Labute approximate surface area is 89.1 Å². The van der Waals surface area contributed by atoms with Crippen LogP contribution in [0, 0.1) is 17.0 Å². The second-order valence-corrected chi connectivity index (χ2v) is 4.26. The summed E-state index contributed by atoms with van der Waals surface area (Å²) in [6.45, 7) is 1.85. The van der Waals surface area contributed by atoms with Gasteiger partial charge in [0.25, 0.3) is 5.69 Å². The standard InChI is InChI=1S/C9H6ClNO2S/c1-5-4-14-7-3-2-6(10)9(8(5)7)11(12)13/h2-4H,1H3. The molecule has 0 unspecified atom stereocenters. The highest BCUT2D eigenvalue weighted by atomic mass is 35.5. The molecule has 0 radical (unpaired) electrons. The van der Waals surface area contributed by atoms with Crippen LogP contribution in [0.15, 0.2) is 17.5 Å². The molecular weight excluding hydrogens is 222 g/mol. The summed E-state index contributed by atoms with van der Waals surface area (Å²) >= 11 is 7.28. The number of nitro benzene ring substituents is 1. The Morgan fingerprint density at radius 1 is 1.50 bits per heavy atom. The lowest BCUT2D eigenvalue weighted by atomic mass is 10.1. The van der Waals surface area contributed by atoms with Crippen LogP contribution in [0.2, 0.25) is 5.02 Å². The van der Waals surface area contributed by atoms with Crippen molar-refractivity contribution in [3.8, 4) is 0 Å². The minimum Gasteiger partial charge on any atom is -0.258 e. The first-order valence-electron chi connectivity index (χ1n) is 3.92. The molecule has 1 aromatic carbocycles. The Kier molecular flexibility index (Phi) is 2.17. The predicted molar refractivity (Wildman–Crippen MR) is 58.2 cm³/mol. The molecule has 0 spiro atoms. The van der Waals surface area contributed by atoms with Crippen molar-refractivity contribution >= 4 is 38.7 Å². The highest BCUT2D eigenvalue weighted by Crippen LogP contribution is 2.38. The van der Waals surface area contributed by atoms with Gasteiger partial charge >= 0.3 is 0 Å². The van der Waals surface area contributed by atoms with Crippen molar-refractivity contribution < 1.29 is 4.92 Å². The molecule has 2 rings (SSSR count). The third kappa shape index (κ3) is 1.27. The Bertz CT molecular complexity index is 521. The molecule has 3 nitrogen and oxygen atoms in total. The number of nitro groups is 1. The smallest absolute Gasteiger partial charge is 0.258 e. The lowest BCUT2D eigenvalue weighted by Crippen LogP contribution is -1.90. The maximum Gasteiger partial charge on any atom is 0.296 e. The molecule has 1 aromatic heterocycles. The fourth-order valence-electron chi connectivity index (χ4n) is 1.42. The van der Waals surface area contributed by atoms with Crippen LogP contribution in [-0.2, 0) is 0 Å². The summed E-state index contributed by atoms with van der Waals surface area (Å²) in [4.78, 5) is 10.4. The van der Waals surface area contributed by atoms with Crippen LogP contribution >= 0.6 is 22.9 Å². The van der Waals surface area contributed by atoms with Crippen LogP contribution in [0.4, 0.5) is 5.69 Å². The molecule has 0 saturated heterocycles. The Balaban J connectivity index is 2.94. The van der Waals surface area contributed by atoms with Gasteiger partial charge in [0.1, 0.15) is 5.02 Å². The van der Waals surface area contributed by atoms with Gasteiger partial charge in [-0.05, 0) is 30.0 Å². The molecule has 0 bridgehead atoms. The van der Waals surface area contributed by atoms with Crippen molar-refractivity contribution in [1.29, 1.82) is 0 Å². The number of rotatable bonds is 1. The fraction of sp³-hybridized carbons (Fsp3) is 0.111. The predicted octanol–water partition coefficient (Wildman–Crippen LogP) is 3.77. The van der Waals surface area contributed by atoms with E-state index in [0.29, 0.717) is 5.39 Å². The van der Waals surface area contributed by atoms with Crippen LogP contribution in [-0.4, -0.2) is 4.92 Å². The summed E-state index contributed by atoms with van der Waals surface area (Å²) in [6.07, 6.45) is 0. The molecule has 14 heavy (non-hydrogen) atoms. The zero-order chi connectivity index (χ0) is 10.3. The van der Waals surface area contributed by atoms with Crippen molar-refractivity contribution in [2.24, 2.45) is 0 Å². The molecule has 2 aromatic rings. The van der Waals surface area contributed by atoms with E-state index in [1.54, 1.807) is 6.07 Å². The molecular formula is C9H6ClNO2S. The van der Waals surface area contributed by atoms with Gasteiger partial charge in [0, 0.05) is 4.70 Å². The largest absolute Gasteiger partial charge is 0.296 e. The molecule has 0 atom stereocenters. The van der Waals surface area contributed by atoms with Crippen molar-refractivity contribution in [3.63, 3.8) is 0 Å². The quantitative estimate of drug-likeness (QED) is 0.550. The molecule has 0 saturated carbocycles. The average Bonchev–Trinajstić information content (AvgIpc) is 2.47. The number of fused-ring (bicyclic) bond motifs is 1. The first-order valence-corrected chi connectivity index (χ1v) is 5.17. The first kappa shape index (κ1) is 9.43. The number of hydrogen-bond donors (Lipinski definition) is 0. The first-order chi connectivity index (χ1) is 6.61. The number of halogens is 1. The van der Waals surface area contributed by atoms with Crippen molar-refractivity contribution in [2.75, 3.05) is 0 Å². The van der Waals surface area contributed by atoms with Gasteiger partial charge in [-0.25, -0.2) is 0 Å². The van der Waals surface area contributed by atoms with Crippen LogP contribution in [0.1, 0.15) is 5.56 Å². The van der Waals surface area contributed by atoms with E-state index in [9.17, 15) is 10.1 Å². The number of hydrogen-bond acceptors (Lipinski definition) is 3. The molecule has 0 aliphatic heterocycles. The lowest BCUT2D eigenvalue weighted by molar-refractivity contribution is -0.382. The van der Waals surface area contributed by atoms with Crippen LogP contribution in [0.5, 0.6) is 0 Å². The second kappa shape index (κ2) is 3.22. The summed E-state index contributed by atoms with van der Waals surface area (Å²) in [5, 5.41) is 13.6. The lowest BCUT2D eigenvalue weighted by Gasteiger charge is -1.97. The molecule has 0 N–H and O–H groups in total. The van der Waals surface area contributed by atoms with E-state index in [2.05, 4.69) is 0 Å². The van der Waals surface area contributed by atoms with Gasteiger partial charge in [-0.1, -0.05) is 11.6 Å². The van der Waals surface area contributed by atoms with E-state index in [4.69, 9.17) is 11.6 Å². The number of aryl methyl sites for hydroxylation is 1. The average molecular weight is 228 g/mol. The van der Waals surface area contributed by atoms with Crippen molar-refractivity contribution in [2.45, 2.75) is 6.92 Å². The monoisotopic (exact) mass is 227 g/mol. The van der Waals surface area contributed by atoms with Crippen LogP contribution < -0.4 is 0 Å². The summed E-state index contributed by atoms with van der Waals surface area (Å²) < 4.78 is 0.901. The van der Waals surface area contributed by atoms with E-state index in [1.165, 1.54) is 11.3 Å². The van der Waals surface area contributed by atoms with E-state index in [1.807, 2.05) is 18.4 Å². The van der Waals surface area contributed by atoms with Gasteiger partial charge in [-0.3, -0.25) is 10.1 Å². The Hall–Kier alpha value is -1.13. The summed E-state index contributed by atoms with van der Waals surface area (Å²) in [5.41, 5.74) is 0.919. The van der Waals surface area contributed by atoms with Crippen molar-refractivity contribution in [3.05, 3.63) is 38.2 Å². The number of thiophene rings is 1. The maximum atomic E-state index is 10.8. The molecule has 0 aliphatic rings. The topological polar surface area (TPSA) is 43.1 Å². The minimum atomic E-state index is -0.426. The number of benzene rings is 1. The van der Waals surface area contributed by atoms with E-state index in [-0.39, 0.29) is 10.7 Å². The zero-order valence-corrected chi connectivity index (χ0v) is 8.85. The van der Waals surface area contributed by atoms with Gasteiger partial charge in [0.15, 0.2) is 0 Å². The Morgan fingerprint density at radius 3 is 2.86 bits per heavy atom. The molecule has 0 aliphatic carbocycles. The van der Waals surface area contributed by atoms with Crippen molar-refractivity contribution in [1.82, 2.24) is 0 Å². The molecule has 0 fully saturated rings. The molecule has 5 heteroatoms. The van der Waals surface area contributed by atoms with E-state index >= 15 is 0 Å². The van der Waals surface area contributed by atoms with Gasteiger partial charge in [0.05, 0.1) is 10.3 Å². The fourth-order valence-corrected chi connectivity index (χ4v) is 2.59. The molecule has 72 valence electrons. The van der Waals surface area contributed by atoms with Crippen LogP contribution in [0.25, 0.3) is 10.1 Å². The zero-order valence-electron chi connectivity index (χ0n) is 7.28. The summed E-state index contributed by atoms with van der Waals surface area (Å²) in [6, 6.07) is 3.38. The van der Waals surface area contributed by atoms with Gasteiger partial charge < -0.3 is 0 Å².